The summed E-state index contributed by atoms with van der Waals surface area (Å²) in [7, 11) is 3.72. The second-order valence-electron chi connectivity index (χ2n) is 5.08. The van der Waals surface area contributed by atoms with Crippen LogP contribution in [0.25, 0.3) is 0 Å². The minimum atomic E-state index is 0.721. The largest absolute Gasteiger partial charge is 0.490 e. The molecule has 1 saturated heterocycles. The SMILES string of the molecule is CCNc1ncnc(N(C)CCN2CCCC2)c1OC. The molecule has 0 aliphatic carbocycles. The van der Waals surface area contributed by atoms with E-state index in [9.17, 15) is 0 Å². The van der Waals surface area contributed by atoms with Crippen molar-refractivity contribution in [3.8, 4) is 5.75 Å². The Bertz CT molecular complexity index is 420. The maximum Gasteiger partial charge on any atom is 0.204 e. The van der Waals surface area contributed by atoms with Gasteiger partial charge in [0.1, 0.15) is 6.33 Å². The first-order valence-corrected chi connectivity index (χ1v) is 7.32. The lowest BCUT2D eigenvalue weighted by Gasteiger charge is -2.24. The summed E-state index contributed by atoms with van der Waals surface area (Å²) in [5.74, 6) is 2.32. The Hall–Kier alpha value is -1.56. The molecule has 1 aromatic rings. The molecule has 0 bridgehead atoms. The van der Waals surface area contributed by atoms with E-state index in [0.29, 0.717) is 0 Å². The van der Waals surface area contributed by atoms with Gasteiger partial charge in [0.15, 0.2) is 11.6 Å². The van der Waals surface area contributed by atoms with Crippen LogP contribution in [0.15, 0.2) is 6.33 Å². The van der Waals surface area contributed by atoms with Crippen molar-refractivity contribution in [3.05, 3.63) is 6.33 Å². The minimum absolute atomic E-state index is 0.721. The van der Waals surface area contributed by atoms with Crippen LogP contribution in [-0.2, 0) is 0 Å². The zero-order valence-electron chi connectivity index (χ0n) is 12.7. The van der Waals surface area contributed by atoms with Crippen LogP contribution in [0.5, 0.6) is 5.75 Å². The number of nitrogens with zero attached hydrogens (tertiary/aromatic N) is 4. The Morgan fingerprint density at radius 2 is 2.10 bits per heavy atom. The molecule has 0 aromatic carbocycles. The summed E-state index contributed by atoms with van der Waals surface area (Å²) in [5, 5.41) is 3.21. The number of rotatable bonds is 7. The van der Waals surface area contributed by atoms with Crippen molar-refractivity contribution < 1.29 is 4.74 Å². The molecule has 0 saturated carbocycles. The minimum Gasteiger partial charge on any atom is -0.490 e. The Kier molecular flexibility index (Phi) is 5.40. The topological polar surface area (TPSA) is 53.5 Å². The average Bonchev–Trinajstić information content (AvgIpc) is 2.98. The molecule has 6 nitrogen and oxygen atoms in total. The van der Waals surface area contributed by atoms with Gasteiger partial charge in [0.2, 0.25) is 5.75 Å². The van der Waals surface area contributed by atoms with E-state index < -0.39 is 0 Å². The number of ether oxygens (including phenoxy) is 1. The lowest BCUT2D eigenvalue weighted by molar-refractivity contribution is 0.345. The fraction of sp³-hybridized carbons (Fsp3) is 0.714. The summed E-state index contributed by atoms with van der Waals surface area (Å²) in [6, 6.07) is 0. The normalized spacial score (nSPS) is 15.3. The monoisotopic (exact) mass is 279 g/mol. The number of nitrogens with one attached hydrogen (secondary N) is 1. The third kappa shape index (κ3) is 3.50. The predicted molar refractivity (Wildman–Crippen MR) is 81.7 cm³/mol. The van der Waals surface area contributed by atoms with Crippen LogP contribution in [0.2, 0.25) is 0 Å². The van der Waals surface area contributed by atoms with E-state index in [0.717, 1.165) is 37.0 Å². The van der Waals surface area contributed by atoms with Crippen molar-refractivity contribution in [1.82, 2.24) is 14.9 Å². The van der Waals surface area contributed by atoms with Gasteiger partial charge in [-0.15, -0.1) is 0 Å². The fourth-order valence-electron chi connectivity index (χ4n) is 2.52. The first kappa shape index (κ1) is 14.8. The summed E-state index contributed by atoms with van der Waals surface area (Å²) in [5.41, 5.74) is 0. The molecule has 112 valence electrons. The molecule has 1 aliphatic heterocycles. The highest BCUT2D eigenvalue weighted by molar-refractivity contribution is 5.64. The van der Waals surface area contributed by atoms with E-state index in [1.54, 1.807) is 13.4 Å². The van der Waals surface area contributed by atoms with E-state index in [-0.39, 0.29) is 0 Å². The van der Waals surface area contributed by atoms with Crippen LogP contribution in [0.3, 0.4) is 0 Å². The number of hydrogen-bond donors (Lipinski definition) is 1. The van der Waals surface area contributed by atoms with E-state index in [2.05, 4.69) is 32.1 Å². The summed E-state index contributed by atoms with van der Waals surface area (Å²) >= 11 is 0. The number of methoxy groups -OCH3 is 1. The lowest BCUT2D eigenvalue weighted by Crippen LogP contribution is -2.32. The standard InChI is InChI=1S/C14H25N5O/c1-4-15-13-12(20-3)14(17-11-16-13)18(2)9-10-19-7-5-6-8-19/h11H,4-10H2,1-3H3,(H,15,16,17). The quantitative estimate of drug-likeness (QED) is 0.815. The van der Waals surface area contributed by atoms with Gasteiger partial charge in [-0.25, -0.2) is 9.97 Å². The van der Waals surface area contributed by atoms with Crippen molar-refractivity contribution in [3.63, 3.8) is 0 Å². The van der Waals surface area contributed by atoms with Gasteiger partial charge in [-0.1, -0.05) is 0 Å². The van der Waals surface area contributed by atoms with E-state index in [4.69, 9.17) is 4.74 Å². The van der Waals surface area contributed by atoms with Gasteiger partial charge in [0.05, 0.1) is 7.11 Å². The fourth-order valence-corrected chi connectivity index (χ4v) is 2.52. The third-order valence-electron chi connectivity index (χ3n) is 3.65. The maximum atomic E-state index is 5.48. The molecule has 0 radical (unpaired) electrons. The number of likely N-dealkylation sites (tertiary alicyclic amines) is 1. The van der Waals surface area contributed by atoms with E-state index in [1.165, 1.54) is 25.9 Å². The summed E-state index contributed by atoms with van der Waals surface area (Å²) in [6.07, 6.45) is 4.23. The summed E-state index contributed by atoms with van der Waals surface area (Å²) < 4.78 is 5.48. The lowest BCUT2D eigenvalue weighted by atomic mass is 10.4. The molecule has 0 amide bonds. The highest BCUT2D eigenvalue weighted by atomic mass is 16.5. The summed E-state index contributed by atoms with van der Waals surface area (Å²) in [6.45, 7) is 7.30. The van der Waals surface area contributed by atoms with Crippen LogP contribution in [-0.4, -0.2) is 61.7 Å². The van der Waals surface area contributed by atoms with Crippen LogP contribution in [0, 0.1) is 0 Å². The van der Waals surface area contributed by atoms with Crippen LogP contribution < -0.4 is 15.0 Å². The zero-order valence-corrected chi connectivity index (χ0v) is 12.7. The van der Waals surface area contributed by atoms with Crippen molar-refractivity contribution in [1.29, 1.82) is 0 Å². The van der Waals surface area contributed by atoms with Crippen molar-refractivity contribution in [2.24, 2.45) is 0 Å². The van der Waals surface area contributed by atoms with Crippen LogP contribution in [0.4, 0.5) is 11.6 Å². The van der Waals surface area contributed by atoms with Gasteiger partial charge >= 0.3 is 0 Å². The number of likely N-dealkylation sites (N-methyl/N-ethyl adjacent to an activating group) is 1. The second kappa shape index (κ2) is 7.28. The number of anilines is 2. The Morgan fingerprint density at radius 3 is 2.75 bits per heavy atom. The van der Waals surface area contributed by atoms with Gasteiger partial charge in [-0.3, -0.25) is 0 Å². The van der Waals surface area contributed by atoms with Crippen LogP contribution in [0.1, 0.15) is 19.8 Å². The van der Waals surface area contributed by atoms with Crippen LogP contribution >= 0.6 is 0 Å². The predicted octanol–water partition coefficient (Wildman–Crippen LogP) is 1.45. The molecule has 1 aromatic heterocycles. The molecule has 2 rings (SSSR count). The van der Waals surface area contributed by atoms with Crippen molar-refractivity contribution in [2.75, 3.05) is 57.1 Å². The Balaban J connectivity index is 2.03. The van der Waals surface area contributed by atoms with Crippen molar-refractivity contribution in [2.45, 2.75) is 19.8 Å². The van der Waals surface area contributed by atoms with Gasteiger partial charge in [-0.05, 0) is 32.9 Å². The zero-order chi connectivity index (χ0) is 14.4. The van der Waals surface area contributed by atoms with E-state index in [1.807, 2.05) is 6.92 Å². The highest BCUT2D eigenvalue weighted by Crippen LogP contribution is 2.30. The summed E-state index contributed by atoms with van der Waals surface area (Å²) in [4.78, 5) is 13.2. The molecule has 2 heterocycles. The highest BCUT2D eigenvalue weighted by Gasteiger charge is 2.17. The van der Waals surface area contributed by atoms with Gasteiger partial charge in [0, 0.05) is 26.7 Å². The molecular weight excluding hydrogens is 254 g/mol. The van der Waals surface area contributed by atoms with E-state index >= 15 is 0 Å². The molecule has 0 spiro atoms. The molecule has 0 atom stereocenters. The first-order chi connectivity index (χ1) is 9.76. The first-order valence-electron chi connectivity index (χ1n) is 7.32. The molecule has 1 aliphatic rings. The maximum absolute atomic E-state index is 5.48. The molecule has 1 fully saturated rings. The molecule has 0 unspecified atom stereocenters. The molecule has 20 heavy (non-hydrogen) atoms. The number of hydrogen-bond acceptors (Lipinski definition) is 6. The van der Waals surface area contributed by atoms with Gasteiger partial charge in [-0.2, -0.15) is 0 Å². The van der Waals surface area contributed by atoms with Gasteiger partial charge < -0.3 is 19.9 Å². The van der Waals surface area contributed by atoms with Crippen molar-refractivity contribution >= 4 is 11.6 Å². The Morgan fingerprint density at radius 1 is 1.35 bits per heavy atom. The Labute approximate surface area is 121 Å². The second-order valence-corrected chi connectivity index (χ2v) is 5.08. The molecular formula is C14H25N5O. The average molecular weight is 279 g/mol. The number of aromatic nitrogens is 2. The molecule has 6 heteroatoms. The smallest absolute Gasteiger partial charge is 0.204 e. The third-order valence-corrected chi connectivity index (χ3v) is 3.65. The molecule has 1 N–H and O–H groups in total. The van der Waals surface area contributed by atoms with Gasteiger partial charge in [0.25, 0.3) is 0 Å².